The molecule has 0 unspecified atom stereocenters. The third kappa shape index (κ3) is 1.81. The average molecular weight is 192 g/mol. The van der Waals surface area contributed by atoms with Gasteiger partial charge < -0.3 is 9.47 Å². The van der Waals surface area contributed by atoms with Gasteiger partial charge >= 0.3 is 0 Å². The molecular weight excluding hydrogens is 176 g/mol. The van der Waals surface area contributed by atoms with Crippen LogP contribution in [0.3, 0.4) is 0 Å². The van der Waals surface area contributed by atoms with Gasteiger partial charge in [0.15, 0.2) is 0 Å². The van der Waals surface area contributed by atoms with Gasteiger partial charge in [0.2, 0.25) is 5.91 Å². The lowest BCUT2D eigenvalue weighted by molar-refractivity contribution is -0.131. The lowest BCUT2D eigenvalue weighted by Crippen LogP contribution is -2.28. The van der Waals surface area contributed by atoms with Crippen LogP contribution in [0.4, 0.5) is 0 Å². The molecule has 0 spiro atoms. The number of nitrogens with zero attached hydrogens (tertiary/aromatic N) is 2. The Morgan fingerprint density at radius 2 is 2.36 bits per heavy atom. The number of hydrogen-bond donors (Lipinski definition) is 0. The standard InChI is InChI=1S/C11H16N2O/c1-12-7-3-4-10(12)8-13(2)11(14)9-5-6-9/h3-4,7,9H,5-6,8H2,1-2H3. The molecule has 1 heterocycles. The maximum absolute atomic E-state index is 11.7. The molecule has 1 aliphatic carbocycles. The fourth-order valence-electron chi connectivity index (χ4n) is 1.62. The van der Waals surface area contributed by atoms with Crippen molar-refractivity contribution in [1.29, 1.82) is 0 Å². The Morgan fingerprint density at radius 3 is 2.86 bits per heavy atom. The van der Waals surface area contributed by atoms with Gasteiger partial charge in [-0.15, -0.1) is 0 Å². The van der Waals surface area contributed by atoms with Crippen molar-refractivity contribution in [3.63, 3.8) is 0 Å². The zero-order chi connectivity index (χ0) is 10.1. The maximum Gasteiger partial charge on any atom is 0.225 e. The molecule has 1 amide bonds. The summed E-state index contributed by atoms with van der Waals surface area (Å²) >= 11 is 0. The summed E-state index contributed by atoms with van der Waals surface area (Å²) in [6.45, 7) is 0.721. The molecule has 3 nitrogen and oxygen atoms in total. The first-order chi connectivity index (χ1) is 6.68. The van der Waals surface area contributed by atoms with Crippen LogP contribution in [0, 0.1) is 5.92 Å². The van der Waals surface area contributed by atoms with Gasteiger partial charge in [0.05, 0.1) is 6.54 Å². The molecule has 1 aromatic heterocycles. The first-order valence-corrected chi connectivity index (χ1v) is 5.03. The van der Waals surface area contributed by atoms with Gasteiger partial charge in [-0.1, -0.05) is 0 Å². The summed E-state index contributed by atoms with van der Waals surface area (Å²) in [5, 5.41) is 0. The maximum atomic E-state index is 11.7. The summed E-state index contributed by atoms with van der Waals surface area (Å²) in [4.78, 5) is 13.5. The van der Waals surface area contributed by atoms with Crippen molar-refractivity contribution in [3.8, 4) is 0 Å². The van der Waals surface area contributed by atoms with E-state index >= 15 is 0 Å². The lowest BCUT2D eigenvalue weighted by atomic mass is 10.3. The number of carbonyl (C=O) groups excluding carboxylic acids is 1. The van der Waals surface area contributed by atoms with Gasteiger partial charge in [0.25, 0.3) is 0 Å². The summed E-state index contributed by atoms with van der Waals surface area (Å²) < 4.78 is 2.05. The smallest absolute Gasteiger partial charge is 0.225 e. The average Bonchev–Trinajstić information content (AvgIpc) is 2.92. The van der Waals surface area contributed by atoms with Crippen molar-refractivity contribution in [1.82, 2.24) is 9.47 Å². The van der Waals surface area contributed by atoms with Crippen LogP contribution in [0.2, 0.25) is 0 Å². The van der Waals surface area contributed by atoms with E-state index in [4.69, 9.17) is 0 Å². The monoisotopic (exact) mass is 192 g/mol. The van der Waals surface area contributed by atoms with Crippen molar-refractivity contribution >= 4 is 5.91 Å². The number of aromatic nitrogens is 1. The van der Waals surface area contributed by atoms with Crippen molar-refractivity contribution in [3.05, 3.63) is 24.0 Å². The summed E-state index contributed by atoms with van der Waals surface area (Å²) in [6.07, 6.45) is 4.16. The van der Waals surface area contributed by atoms with E-state index < -0.39 is 0 Å². The summed E-state index contributed by atoms with van der Waals surface area (Å²) in [6, 6.07) is 4.06. The number of amides is 1. The first kappa shape index (κ1) is 9.31. The molecule has 0 saturated heterocycles. The fraction of sp³-hybridized carbons (Fsp3) is 0.545. The van der Waals surface area contributed by atoms with Crippen molar-refractivity contribution in [2.45, 2.75) is 19.4 Å². The molecule has 0 bridgehead atoms. The largest absolute Gasteiger partial charge is 0.353 e. The molecule has 76 valence electrons. The summed E-state index contributed by atoms with van der Waals surface area (Å²) in [7, 11) is 3.89. The number of aryl methyl sites for hydroxylation is 1. The van der Waals surface area contributed by atoms with Gasteiger partial charge in [-0.3, -0.25) is 4.79 Å². The SMILES string of the molecule is CN(Cc1cccn1C)C(=O)C1CC1. The highest BCUT2D eigenvalue weighted by Crippen LogP contribution is 2.30. The topological polar surface area (TPSA) is 25.2 Å². The van der Waals surface area contributed by atoms with Crippen LogP contribution in [-0.4, -0.2) is 22.4 Å². The second-order valence-electron chi connectivity index (χ2n) is 4.08. The number of rotatable bonds is 3. The van der Waals surface area contributed by atoms with Gasteiger partial charge in [0.1, 0.15) is 0 Å². The van der Waals surface area contributed by atoms with Crippen molar-refractivity contribution < 1.29 is 4.79 Å². The third-order valence-corrected chi connectivity index (χ3v) is 2.75. The Morgan fingerprint density at radius 1 is 1.64 bits per heavy atom. The van der Waals surface area contributed by atoms with E-state index in [0.717, 1.165) is 19.4 Å². The Labute approximate surface area is 84.3 Å². The Balaban J connectivity index is 1.96. The third-order valence-electron chi connectivity index (χ3n) is 2.75. The molecule has 0 atom stereocenters. The van der Waals surface area contributed by atoms with E-state index in [1.807, 2.05) is 31.3 Å². The molecule has 0 radical (unpaired) electrons. The fourth-order valence-corrected chi connectivity index (χ4v) is 1.62. The minimum Gasteiger partial charge on any atom is -0.353 e. The Kier molecular flexibility index (Phi) is 2.32. The predicted octanol–water partition coefficient (Wildman–Crippen LogP) is 1.39. The minimum atomic E-state index is 0.297. The molecule has 0 aromatic carbocycles. The zero-order valence-corrected chi connectivity index (χ0v) is 8.73. The molecule has 1 aliphatic rings. The van der Waals surface area contributed by atoms with E-state index in [0.29, 0.717) is 11.8 Å². The van der Waals surface area contributed by atoms with E-state index in [-0.39, 0.29) is 0 Å². The van der Waals surface area contributed by atoms with Gasteiger partial charge in [-0.05, 0) is 25.0 Å². The molecule has 1 aromatic rings. The highest BCUT2D eigenvalue weighted by Gasteiger charge is 2.31. The van der Waals surface area contributed by atoms with E-state index in [1.54, 1.807) is 0 Å². The molecule has 1 fully saturated rings. The quantitative estimate of drug-likeness (QED) is 0.710. The van der Waals surface area contributed by atoms with E-state index in [2.05, 4.69) is 10.6 Å². The summed E-state index contributed by atoms with van der Waals surface area (Å²) in [5.74, 6) is 0.617. The van der Waals surface area contributed by atoms with Crippen molar-refractivity contribution in [2.24, 2.45) is 13.0 Å². The number of hydrogen-bond acceptors (Lipinski definition) is 1. The van der Waals surface area contributed by atoms with Crippen LogP contribution < -0.4 is 0 Å². The lowest BCUT2D eigenvalue weighted by Gasteiger charge is -2.17. The predicted molar refractivity (Wildman–Crippen MR) is 54.6 cm³/mol. The van der Waals surface area contributed by atoms with Crippen LogP contribution in [0.25, 0.3) is 0 Å². The minimum absolute atomic E-state index is 0.297. The van der Waals surface area contributed by atoms with Crippen LogP contribution >= 0.6 is 0 Å². The van der Waals surface area contributed by atoms with Crippen LogP contribution in [-0.2, 0) is 18.4 Å². The second-order valence-corrected chi connectivity index (χ2v) is 4.08. The van der Waals surface area contributed by atoms with Crippen LogP contribution in [0.5, 0.6) is 0 Å². The Hall–Kier alpha value is -1.25. The zero-order valence-electron chi connectivity index (χ0n) is 8.73. The first-order valence-electron chi connectivity index (χ1n) is 5.03. The van der Waals surface area contributed by atoms with Crippen LogP contribution in [0.15, 0.2) is 18.3 Å². The van der Waals surface area contributed by atoms with E-state index in [9.17, 15) is 4.79 Å². The molecule has 3 heteroatoms. The molecule has 2 rings (SSSR count). The van der Waals surface area contributed by atoms with Crippen LogP contribution in [0.1, 0.15) is 18.5 Å². The van der Waals surface area contributed by atoms with E-state index in [1.165, 1.54) is 5.69 Å². The highest BCUT2D eigenvalue weighted by atomic mass is 16.2. The normalized spacial score (nSPS) is 15.6. The number of carbonyl (C=O) groups is 1. The second kappa shape index (κ2) is 3.48. The van der Waals surface area contributed by atoms with Gasteiger partial charge in [-0.2, -0.15) is 0 Å². The van der Waals surface area contributed by atoms with Crippen molar-refractivity contribution in [2.75, 3.05) is 7.05 Å². The molecule has 0 N–H and O–H groups in total. The van der Waals surface area contributed by atoms with Gasteiger partial charge in [-0.25, -0.2) is 0 Å². The highest BCUT2D eigenvalue weighted by molar-refractivity contribution is 5.80. The molecule has 0 aliphatic heterocycles. The summed E-state index contributed by atoms with van der Waals surface area (Å²) in [5.41, 5.74) is 1.18. The Bertz CT molecular complexity index is 339. The van der Waals surface area contributed by atoms with Gasteiger partial charge in [0, 0.05) is 31.9 Å². The molecular formula is C11H16N2O. The molecule has 1 saturated carbocycles. The molecule has 14 heavy (non-hydrogen) atoms.